The normalized spacial score (nSPS) is 23.0. The van der Waals surface area contributed by atoms with Crippen molar-refractivity contribution in [2.24, 2.45) is 0 Å². The van der Waals surface area contributed by atoms with Crippen molar-refractivity contribution in [2.45, 2.75) is 115 Å². The standard InChI is InChI=1S/C39H47BrO6/c1-23(2)28-20-32(25(5)17-34(28)44-36-11-7-9-15-42-36)39(31-14-13-27(22-40)19-30(31)38(41)46-39)33-21-29(24(3)4)35(18-26(33)6)45-37-12-8-10-16-43-37/h13-14,17-21,23-24,36-37H,7-12,15-16,22H2,1-6H3. The first-order chi connectivity index (χ1) is 22.1. The average Bonchev–Trinajstić information content (AvgIpc) is 3.33. The Morgan fingerprint density at radius 2 is 1.28 bits per heavy atom. The number of carbonyl (C=O) groups excluding carboxylic acids is 1. The van der Waals surface area contributed by atoms with E-state index in [1.165, 1.54) is 0 Å². The molecular formula is C39H47BrO6. The Labute approximate surface area is 282 Å². The molecule has 2 atom stereocenters. The molecule has 3 heterocycles. The summed E-state index contributed by atoms with van der Waals surface area (Å²) >= 11 is 3.58. The van der Waals surface area contributed by atoms with Crippen LogP contribution in [0.25, 0.3) is 0 Å². The Balaban J connectivity index is 1.56. The van der Waals surface area contributed by atoms with Crippen LogP contribution in [0.2, 0.25) is 0 Å². The number of halogens is 1. The van der Waals surface area contributed by atoms with E-state index in [2.05, 4.69) is 93.9 Å². The molecule has 0 N–H and O–H groups in total. The van der Waals surface area contributed by atoms with Gasteiger partial charge in [0.1, 0.15) is 11.5 Å². The van der Waals surface area contributed by atoms with Gasteiger partial charge in [0.15, 0.2) is 18.2 Å². The van der Waals surface area contributed by atoms with E-state index in [0.29, 0.717) is 10.9 Å². The fourth-order valence-corrected chi connectivity index (χ4v) is 7.45. The molecule has 0 saturated carbocycles. The van der Waals surface area contributed by atoms with E-state index in [1.807, 2.05) is 6.07 Å². The summed E-state index contributed by atoms with van der Waals surface area (Å²) in [6.45, 7) is 14.3. The van der Waals surface area contributed by atoms with Gasteiger partial charge < -0.3 is 23.7 Å². The van der Waals surface area contributed by atoms with Crippen LogP contribution in [0.3, 0.4) is 0 Å². The van der Waals surface area contributed by atoms with Crippen LogP contribution in [0.1, 0.15) is 133 Å². The third-order valence-electron chi connectivity index (χ3n) is 9.59. The van der Waals surface area contributed by atoms with Gasteiger partial charge in [-0.25, -0.2) is 4.79 Å². The van der Waals surface area contributed by atoms with Gasteiger partial charge in [-0.15, -0.1) is 0 Å². The molecule has 2 unspecified atom stereocenters. The maximum absolute atomic E-state index is 13.9. The second kappa shape index (κ2) is 13.7. The summed E-state index contributed by atoms with van der Waals surface area (Å²) in [6.07, 6.45) is 5.55. The van der Waals surface area contributed by atoms with Gasteiger partial charge in [0, 0.05) is 34.9 Å². The first-order valence-corrected chi connectivity index (χ1v) is 18.0. The zero-order valence-electron chi connectivity index (χ0n) is 28.0. The second-order valence-corrected chi connectivity index (χ2v) is 14.2. The summed E-state index contributed by atoms with van der Waals surface area (Å²) in [5.74, 6) is 1.67. The quantitative estimate of drug-likeness (QED) is 0.165. The lowest BCUT2D eigenvalue weighted by Crippen LogP contribution is -2.32. The van der Waals surface area contributed by atoms with Gasteiger partial charge in [-0.2, -0.15) is 0 Å². The molecule has 0 spiro atoms. The third kappa shape index (κ3) is 6.23. The third-order valence-corrected chi connectivity index (χ3v) is 10.2. The predicted octanol–water partition coefficient (Wildman–Crippen LogP) is 9.72. The van der Waals surface area contributed by atoms with Gasteiger partial charge in [0.25, 0.3) is 0 Å². The molecule has 46 heavy (non-hydrogen) atoms. The van der Waals surface area contributed by atoms with Crippen molar-refractivity contribution in [3.63, 3.8) is 0 Å². The van der Waals surface area contributed by atoms with Crippen molar-refractivity contribution in [2.75, 3.05) is 13.2 Å². The lowest BCUT2D eigenvalue weighted by atomic mass is 9.74. The number of cyclic esters (lactones) is 1. The summed E-state index contributed by atoms with van der Waals surface area (Å²) in [4.78, 5) is 13.9. The Bertz CT molecular complexity index is 1500. The van der Waals surface area contributed by atoms with Crippen molar-refractivity contribution < 1.29 is 28.5 Å². The molecule has 7 heteroatoms. The lowest BCUT2D eigenvalue weighted by molar-refractivity contribution is -0.106. The molecule has 6 nitrogen and oxygen atoms in total. The van der Waals surface area contributed by atoms with Gasteiger partial charge in [-0.1, -0.05) is 55.8 Å². The number of carbonyl (C=O) groups is 1. The zero-order chi connectivity index (χ0) is 32.6. The molecule has 6 rings (SSSR count). The number of ether oxygens (including phenoxy) is 5. The van der Waals surface area contributed by atoms with Crippen molar-refractivity contribution in [3.8, 4) is 11.5 Å². The molecule has 2 saturated heterocycles. The Kier molecular flexibility index (Phi) is 9.84. The van der Waals surface area contributed by atoms with Gasteiger partial charge in [0.05, 0.1) is 18.8 Å². The molecule has 246 valence electrons. The maximum Gasteiger partial charge on any atom is 0.340 e. The molecule has 0 aromatic heterocycles. The number of alkyl halides is 1. The summed E-state index contributed by atoms with van der Waals surface area (Å²) in [5, 5.41) is 0.651. The van der Waals surface area contributed by atoms with Crippen molar-refractivity contribution in [1.29, 1.82) is 0 Å². The minimum Gasteiger partial charge on any atom is -0.465 e. The van der Waals surface area contributed by atoms with Crippen LogP contribution < -0.4 is 9.47 Å². The minimum absolute atomic E-state index is 0.168. The second-order valence-electron chi connectivity index (χ2n) is 13.6. The molecule has 3 aliphatic heterocycles. The smallest absolute Gasteiger partial charge is 0.340 e. The SMILES string of the molecule is Cc1cc(OC2CCCCO2)c(C(C)C)cc1C1(c2cc(C(C)C)c(OC3CCCCO3)cc2C)OC(=O)c2cc(CBr)ccc21. The number of rotatable bonds is 9. The molecule has 0 aliphatic carbocycles. The monoisotopic (exact) mass is 690 g/mol. The molecule has 3 aliphatic rings. The number of aryl methyl sites for hydroxylation is 2. The van der Waals surface area contributed by atoms with E-state index in [1.54, 1.807) is 0 Å². The minimum atomic E-state index is -1.15. The zero-order valence-corrected chi connectivity index (χ0v) is 29.6. The van der Waals surface area contributed by atoms with Gasteiger partial charge in [0.2, 0.25) is 0 Å². The van der Waals surface area contributed by atoms with Crippen LogP contribution in [0.5, 0.6) is 11.5 Å². The van der Waals surface area contributed by atoms with Crippen LogP contribution in [-0.4, -0.2) is 31.8 Å². The highest BCUT2D eigenvalue weighted by atomic mass is 79.9. The Morgan fingerprint density at radius 1 is 0.761 bits per heavy atom. The molecule has 2 fully saturated rings. The Morgan fingerprint density at radius 3 is 1.72 bits per heavy atom. The summed E-state index contributed by atoms with van der Waals surface area (Å²) in [6, 6.07) is 14.7. The number of esters is 1. The van der Waals surface area contributed by atoms with Gasteiger partial charge in [-0.05, 0) is 110 Å². The first-order valence-electron chi connectivity index (χ1n) is 16.9. The van der Waals surface area contributed by atoms with Crippen molar-refractivity contribution >= 4 is 21.9 Å². The molecule has 0 amide bonds. The summed E-state index contributed by atoms with van der Waals surface area (Å²) < 4.78 is 31.6. The van der Waals surface area contributed by atoms with Crippen LogP contribution in [0, 0.1) is 13.8 Å². The largest absolute Gasteiger partial charge is 0.465 e. The highest BCUT2D eigenvalue weighted by molar-refractivity contribution is 9.08. The number of benzene rings is 3. The highest BCUT2D eigenvalue weighted by Gasteiger charge is 2.51. The molecular weight excluding hydrogens is 644 g/mol. The number of fused-ring (bicyclic) bond motifs is 1. The number of hydrogen-bond donors (Lipinski definition) is 0. The first kappa shape index (κ1) is 33.0. The van der Waals surface area contributed by atoms with Crippen LogP contribution in [-0.2, 0) is 25.1 Å². The predicted molar refractivity (Wildman–Crippen MR) is 183 cm³/mol. The van der Waals surface area contributed by atoms with Gasteiger partial charge >= 0.3 is 5.97 Å². The van der Waals surface area contributed by atoms with Gasteiger partial charge in [-0.3, -0.25) is 0 Å². The lowest BCUT2D eigenvalue weighted by Gasteiger charge is -2.35. The highest BCUT2D eigenvalue weighted by Crippen LogP contribution is 2.52. The van der Waals surface area contributed by atoms with Crippen LogP contribution >= 0.6 is 15.9 Å². The fraction of sp³-hybridized carbons (Fsp3) is 0.513. The maximum atomic E-state index is 13.9. The Hall–Kier alpha value is -2.87. The molecule has 0 radical (unpaired) electrons. The van der Waals surface area contributed by atoms with Crippen LogP contribution in [0.15, 0.2) is 42.5 Å². The topological polar surface area (TPSA) is 63.2 Å². The number of hydrogen-bond acceptors (Lipinski definition) is 6. The van der Waals surface area contributed by atoms with E-state index < -0.39 is 5.60 Å². The fourth-order valence-electron chi connectivity index (χ4n) is 7.10. The molecule has 3 aromatic rings. The molecule has 3 aromatic carbocycles. The van der Waals surface area contributed by atoms with E-state index in [-0.39, 0.29) is 30.4 Å². The van der Waals surface area contributed by atoms with E-state index in [0.717, 1.165) is 108 Å². The van der Waals surface area contributed by atoms with Crippen molar-refractivity contribution in [3.05, 3.63) is 92.5 Å². The summed E-state index contributed by atoms with van der Waals surface area (Å²) in [7, 11) is 0. The van der Waals surface area contributed by atoms with E-state index >= 15 is 0 Å². The van der Waals surface area contributed by atoms with Crippen LogP contribution in [0.4, 0.5) is 0 Å². The van der Waals surface area contributed by atoms with Crippen molar-refractivity contribution in [1.82, 2.24) is 0 Å². The van der Waals surface area contributed by atoms with E-state index in [4.69, 9.17) is 23.7 Å². The molecule has 0 bridgehead atoms. The average molecular weight is 692 g/mol. The van der Waals surface area contributed by atoms with E-state index in [9.17, 15) is 4.79 Å². The summed E-state index contributed by atoms with van der Waals surface area (Å²) in [5.41, 5.74) is 7.30.